The fourth-order valence-electron chi connectivity index (χ4n) is 5.24. The number of ether oxygens (including phenoxy) is 6. The summed E-state index contributed by atoms with van der Waals surface area (Å²) in [5.74, 6) is -0.374. The second-order valence-corrected chi connectivity index (χ2v) is 18.2. The van der Waals surface area contributed by atoms with Crippen LogP contribution < -0.4 is 0 Å². The number of esters is 1. The molecule has 0 atom stereocenters. The summed E-state index contributed by atoms with van der Waals surface area (Å²) in [6.45, 7) is 12.8. The Bertz CT molecular complexity index is 1320. The summed E-state index contributed by atoms with van der Waals surface area (Å²) in [6.07, 6.45) is 6.02. The van der Waals surface area contributed by atoms with Gasteiger partial charge in [0.15, 0.2) is 0 Å². The van der Waals surface area contributed by atoms with Crippen LogP contribution in [-0.2, 0) is 33.2 Å². The van der Waals surface area contributed by atoms with Crippen LogP contribution in [0.3, 0.4) is 0 Å². The van der Waals surface area contributed by atoms with E-state index in [4.69, 9.17) is 24.1 Å². The first-order chi connectivity index (χ1) is 25.9. The van der Waals surface area contributed by atoms with Gasteiger partial charge >= 0.3 is 37.5 Å². The van der Waals surface area contributed by atoms with Crippen LogP contribution in [0.1, 0.15) is 149 Å². The number of hydrogen-bond donors (Lipinski definition) is 1. The van der Waals surface area contributed by atoms with E-state index in [9.17, 15) is 36.7 Å². The quantitative estimate of drug-likeness (QED) is 0.113. The molecule has 0 spiro atoms. The first-order valence-corrected chi connectivity index (χ1v) is 19.3. The van der Waals surface area contributed by atoms with E-state index in [0.717, 1.165) is 32.1 Å². The lowest BCUT2D eigenvalue weighted by molar-refractivity contribution is -0.148. The predicted molar refractivity (Wildman–Crippen MR) is 223 cm³/mol. The van der Waals surface area contributed by atoms with Gasteiger partial charge in [-0.15, -0.1) is 0 Å². The molecule has 0 radical (unpaired) electrons. The molecule has 18 heteroatoms. The van der Waals surface area contributed by atoms with E-state index in [1.54, 1.807) is 62.7 Å². The molecule has 0 aromatic rings. The number of aliphatic hydroxyl groups excluding tert-OH is 1. The third kappa shape index (κ3) is 20.6. The van der Waals surface area contributed by atoms with Crippen molar-refractivity contribution in [3.05, 3.63) is 0 Å². The number of methoxy groups -OCH3 is 1. The molecule has 60 heavy (non-hydrogen) atoms. The summed E-state index contributed by atoms with van der Waals surface area (Å²) in [5, 5.41) is 9.12. The number of aliphatic hydroxyl groups is 1. The number of rotatable bonds is 12. The van der Waals surface area contributed by atoms with Gasteiger partial charge in [0.1, 0.15) is 22.3 Å². The van der Waals surface area contributed by atoms with Crippen molar-refractivity contribution in [2.24, 2.45) is 5.41 Å². The minimum absolute atomic E-state index is 0. The molecule has 0 aliphatic heterocycles. The fourth-order valence-corrected chi connectivity index (χ4v) is 5.24. The van der Waals surface area contributed by atoms with Crippen LogP contribution in [0.15, 0.2) is 0 Å². The number of carbonyl (C=O) groups excluding carboxylic acids is 4. The summed E-state index contributed by atoms with van der Waals surface area (Å²) in [7, 11) is 6.12. The molecule has 4 rings (SSSR count). The zero-order chi connectivity index (χ0) is 44.4. The second kappa shape index (κ2) is 23.9. The smallest absolute Gasteiger partial charge is 0.410 e. The van der Waals surface area contributed by atoms with E-state index < -0.39 is 53.3 Å². The number of amides is 3. The van der Waals surface area contributed by atoms with Gasteiger partial charge in [-0.05, 0) is 126 Å². The van der Waals surface area contributed by atoms with Crippen LogP contribution in [0.25, 0.3) is 0 Å². The highest BCUT2D eigenvalue weighted by molar-refractivity contribution is 5.88. The minimum Gasteiger partial charge on any atom is -0.467 e. The zero-order valence-electron chi connectivity index (χ0n) is 36.5. The Morgan fingerprint density at radius 1 is 0.583 bits per heavy atom. The fraction of sp³-hybridized carbons (Fsp3) is 0.905. The van der Waals surface area contributed by atoms with Crippen molar-refractivity contribution in [3.8, 4) is 0 Å². The summed E-state index contributed by atoms with van der Waals surface area (Å²) in [6, 6.07) is 0. The summed E-state index contributed by atoms with van der Waals surface area (Å²) in [4.78, 5) is 50.9. The second-order valence-electron chi connectivity index (χ2n) is 18.2. The van der Waals surface area contributed by atoms with Crippen molar-refractivity contribution in [3.63, 3.8) is 0 Å². The normalized spacial score (nSPS) is 17.8. The Balaban J connectivity index is -0.000000720. The van der Waals surface area contributed by atoms with E-state index >= 15 is 0 Å². The first-order valence-electron chi connectivity index (χ1n) is 19.3. The van der Waals surface area contributed by atoms with Gasteiger partial charge in [-0.1, -0.05) is 29.2 Å². The van der Waals surface area contributed by atoms with Crippen molar-refractivity contribution in [1.29, 1.82) is 0 Å². The average molecular weight is 880 g/mol. The topological polar surface area (TPSA) is 154 Å². The van der Waals surface area contributed by atoms with Gasteiger partial charge in [0.2, 0.25) is 0 Å². The summed E-state index contributed by atoms with van der Waals surface area (Å²) >= 11 is 0. The van der Waals surface area contributed by atoms with Crippen LogP contribution in [0.5, 0.6) is 0 Å². The van der Waals surface area contributed by atoms with Gasteiger partial charge in [-0.25, -0.2) is 19.2 Å². The molecular weight excluding hydrogens is 798 g/mol. The van der Waals surface area contributed by atoms with Crippen molar-refractivity contribution in [2.75, 3.05) is 48.1 Å². The molecule has 358 valence electrons. The average Bonchev–Trinajstić information content (AvgIpc) is 3.91. The molecule has 0 saturated heterocycles. The van der Waals surface area contributed by atoms with E-state index in [2.05, 4.69) is 9.47 Å². The Kier molecular flexibility index (Phi) is 24.4. The molecule has 4 saturated carbocycles. The van der Waals surface area contributed by atoms with Crippen molar-refractivity contribution in [2.45, 2.75) is 196 Å². The van der Waals surface area contributed by atoms with Crippen molar-refractivity contribution >= 4 is 24.2 Å². The highest BCUT2D eigenvalue weighted by atomic mass is 19.3. The van der Waals surface area contributed by atoms with Crippen LogP contribution in [-0.4, -0.2) is 139 Å². The van der Waals surface area contributed by atoms with Gasteiger partial charge < -0.3 is 43.3 Å². The number of nitrogens with zero attached hydrogens (tertiary/aromatic N) is 3. The van der Waals surface area contributed by atoms with Crippen molar-refractivity contribution < 1.29 is 70.3 Å². The highest BCUT2D eigenvalue weighted by Crippen LogP contribution is 2.49. The molecule has 4 fully saturated rings. The molecule has 0 aromatic heterocycles. The van der Waals surface area contributed by atoms with Gasteiger partial charge in [-0.2, -0.15) is 17.6 Å². The molecule has 0 aromatic carbocycles. The molecule has 0 bridgehead atoms. The lowest BCUT2D eigenvalue weighted by Gasteiger charge is -2.30. The van der Waals surface area contributed by atoms with Gasteiger partial charge in [0.05, 0.1) is 38.0 Å². The van der Waals surface area contributed by atoms with E-state index in [0.29, 0.717) is 25.7 Å². The van der Waals surface area contributed by atoms with Crippen LogP contribution in [0.2, 0.25) is 0 Å². The Hall–Kier alpha value is -3.12. The van der Waals surface area contributed by atoms with Crippen LogP contribution in [0.4, 0.5) is 31.9 Å². The molecule has 0 heterocycles. The van der Waals surface area contributed by atoms with E-state index in [-0.39, 0.29) is 65.1 Å². The SMILES string of the molecule is C.C.C.CCC1(COC(F)F)CC1.CN(C(=O)OC(C)(C)C)C1(CO)CC1.CN(C(=O)OC(C)(C)C)C1(COC(F)F)CC1.COC(=O)C1(N(C)C(=O)OC(C)(C)C)CC1. The minimum atomic E-state index is -2.81. The summed E-state index contributed by atoms with van der Waals surface area (Å²) in [5.41, 5.74) is -3.26. The first kappa shape index (κ1) is 61.2. The van der Waals surface area contributed by atoms with Gasteiger partial charge in [-0.3, -0.25) is 4.90 Å². The number of halogens is 4. The Morgan fingerprint density at radius 2 is 0.917 bits per heavy atom. The van der Waals surface area contributed by atoms with E-state index in [1.807, 2.05) is 27.7 Å². The molecule has 3 amide bonds. The number of likely N-dealkylation sites (N-methyl/N-ethyl adjacent to an activating group) is 3. The third-order valence-electron chi connectivity index (χ3n) is 10.0. The van der Waals surface area contributed by atoms with E-state index in [1.165, 1.54) is 21.8 Å². The maximum absolute atomic E-state index is 12.0. The molecule has 4 aliphatic carbocycles. The molecule has 0 unspecified atom stereocenters. The number of hydrogen-bond acceptors (Lipinski definition) is 11. The largest absolute Gasteiger partial charge is 0.467 e. The van der Waals surface area contributed by atoms with Gasteiger partial charge in [0, 0.05) is 21.1 Å². The standard InChI is InChI=1S/C11H19F2NO3.C11H19NO4.C10H19NO3.C7H12F2O.3CH4/c1-10(2,3)17-9(15)14(4)11(5-6-11)7-16-8(12)13;1-10(2,3)16-9(14)12(4)11(6-7-11)8(13)15-5;1-9(2,3)14-8(13)11(4)10(7-12)5-6-10;1-2-7(3-4-7)5-10-6(8)9;;;/h8H,5-7H2,1-4H3;6-7H2,1-5H3;12H,5-7H2,1-4H3;6H,2-5H2,1H3;3*1H4. The highest BCUT2D eigenvalue weighted by Gasteiger charge is 2.57. The zero-order valence-corrected chi connectivity index (χ0v) is 36.5. The monoisotopic (exact) mass is 880 g/mol. The number of carbonyl (C=O) groups is 4. The molecule has 4 aliphatic rings. The lowest BCUT2D eigenvalue weighted by atomic mass is 10.1. The predicted octanol–water partition coefficient (Wildman–Crippen LogP) is 9.89. The Labute approximate surface area is 358 Å². The maximum Gasteiger partial charge on any atom is 0.410 e. The van der Waals surface area contributed by atoms with Gasteiger partial charge in [0.25, 0.3) is 0 Å². The Morgan fingerprint density at radius 3 is 1.17 bits per heavy atom. The third-order valence-corrected chi connectivity index (χ3v) is 10.0. The molecule has 1 N–H and O–H groups in total. The van der Waals surface area contributed by atoms with Crippen molar-refractivity contribution in [1.82, 2.24) is 14.7 Å². The molecular formula is C42H81F4N3O11. The number of alkyl halides is 4. The van der Waals surface area contributed by atoms with Crippen LogP contribution in [0, 0.1) is 5.41 Å². The van der Waals surface area contributed by atoms with Crippen LogP contribution >= 0.6 is 0 Å². The maximum atomic E-state index is 12.0. The lowest BCUT2D eigenvalue weighted by Crippen LogP contribution is -2.47. The summed E-state index contributed by atoms with van der Waals surface area (Å²) < 4.78 is 75.7. The molecule has 14 nitrogen and oxygen atoms in total.